The summed E-state index contributed by atoms with van der Waals surface area (Å²) in [5.74, 6) is 1.83. The summed E-state index contributed by atoms with van der Waals surface area (Å²) >= 11 is 0. The van der Waals surface area contributed by atoms with Crippen LogP contribution in [0.15, 0.2) is 54.9 Å². The molecule has 0 radical (unpaired) electrons. The Morgan fingerprint density at radius 3 is 2.38 bits per heavy atom. The minimum Gasteiger partial charge on any atom is -0.497 e. The zero-order chi connectivity index (χ0) is 31.8. The molecule has 45 heavy (non-hydrogen) atoms. The summed E-state index contributed by atoms with van der Waals surface area (Å²) in [6.07, 6.45) is 5.32. The molecule has 0 bridgehead atoms. The third-order valence-electron chi connectivity index (χ3n) is 8.08. The van der Waals surface area contributed by atoms with E-state index in [1.165, 1.54) is 5.56 Å². The van der Waals surface area contributed by atoms with E-state index in [-0.39, 0.29) is 18.4 Å². The van der Waals surface area contributed by atoms with E-state index in [2.05, 4.69) is 64.4 Å². The molecule has 11 nitrogen and oxygen atoms in total. The molecule has 1 aliphatic rings. The Labute approximate surface area is 265 Å². The minimum absolute atomic E-state index is 0.0543. The van der Waals surface area contributed by atoms with Crippen LogP contribution in [0.25, 0.3) is 11.4 Å². The molecule has 5 rings (SSSR count). The lowest BCUT2D eigenvalue weighted by atomic mass is 9.82. The Hall–Kier alpha value is -4.03. The zero-order valence-electron chi connectivity index (χ0n) is 26.9. The van der Waals surface area contributed by atoms with E-state index < -0.39 is 14.0 Å². The van der Waals surface area contributed by atoms with Crippen LogP contribution in [0.4, 0.5) is 0 Å². The van der Waals surface area contributed by atoms with Crippen molar-refractivity contribution in [3.63, 3.8) is 0 Å². The van der Waals surface area contributed by atoms with Gasteiger partial charge in [0.25, 0.3) is 0 Å². The molecule has 0 N–H and O–H groups in total. The molecule has 0 aliphatic heterocycles. The van der Waals surface area contributed by atoms with Crippen LogP contribution in [0.1, 0.15) is 60.1 Å². The Bertz CT molecular complexity index is 1520. The highest BCUT2D eigenvalue weighted by molar-refractivity contribution is 6.76. The number of rotatable bonds is 14. The van der Waals surface area contributed by atoms with E-state index in [1.807, 2.05) is 28.8 Å². The summed E-state index contributed by atoms with van der Waals surface area (Å²) < 4.78 is 26.5. The predicted molar refractivity (Wildman–Crippen MR) is 173 cm³/mol. The van der Waals surface area contributed by atoms with E-state index in [1.54, 1.807) is 25.0 Å². The van der Waals surface area contributed by atoms with E-state index in [0.29, 0.717) is 25.1 Å². The van der Waals surface area contributed by atoms with Crippen LogP contribution in [-0.2, 0) is 22.7 Å². The van der Waals surface area contributed by atoms with Gasteiger partial charge in [-0.25, -0.2) is 9.48 Å². The van der Waals surface area contributed by atoms with Crippen LogP contribution in [0.3, 0.4) is 0 Å². The maximum atomic E-state index is 12.7. The summed E-state index contributed by atoms with van der Waals surface area (Å²) in [7, 11) is 0.501. The van der Waals surface area contributed by atoms with Crippen molar-refractivity contribution < 1.29 is 23.7 Å². The largest absolute Gasteiger partial charge is 0.497 e. The Morgan fingerprint density at radius 2 is 1.71 bits per heavy atom. The number of methoxy groups -OCH3 is 1. The third-order valence-corrected chi connectivity index (χ3v) is 9.79. The van der Waals surface area contributed by atoms with E-state index in [9.17, 15) is 4.79 Å². The molecule has 1 fully saturated rings. The number of carbonyl (C=O) groups excluding carboxylic acids is 1. The normalized spacial score (nSPS) is 16.8. The monoisotopic (exact) mass is 632 g/mol. The maximum absolute atomic E-state index is 12.7. The lowest BCUT2D eigenvalue weighted by molar-refractivity contribution is 0.0507. The highest BCUT2D eigenvalue weighted by atomic mass is 28.3. The molecule has 0 unspecified atom stereocenters. The fraction of sp³-hybridized carbons (Fsp3) is 0.485. The van der Waals surface area contributed by atoms with E-state index in [4.69, 9.17) is 18.9 Å². The van der Waals surface area contributed by atoms with Gasteiger partial charge in [-0.1, -0.05) is 61.3 Å². The molecule has 0 amide bonds. The summed E-state index contributed by atoms with van der Waals surface area (Å²) in [5, 5.41) is 16.8. The van der Waals surface area contributed by atoms with Crippen molar-refractivity contribution in [2.45, 2.75) is 83.6 Å². The van der Waals surface area contributed by atoms with Gasteiger partial charge in [-0.3, -0.25) is 4.57 Å². The Kier molecular flexibility index (Phi) is 10.7. The SMILES string of the molecule is CCOC(=O)c1nnn(Cc2ccc(OC)cc2)c1O[C@H]1CC[C@H](c2ccc(-c3nncn3COCC[Si](C)(C)C)cc2)CC1. The van der Waals surface area contributed by atoms with Gasteiger partial charge in [0, 0.05) is 20.2 Å². The molecular formula is C33H44N6O5Si. The number of hydrogen-bond acceptors (Lipinski definition) is 9. The van der Waals surface area contributed by atoms with Crippen LogP contribution in [0, 0.1) is 0 Å². The van der Waals surface area contributed by atoms with Crippen molar-refractivity contribution in [2.75, 3.05) is 20.3 Å². The van der Waals surface area contributed by atoms with Gasteiger partial charge in [-0.15, -0.1) is 15.3 Å². The highest BCUT2D eigenvalue weighted by Gasteiger charge is 2.29. The van der Waals surface area contributed by atoms with Gasteiger partial charge in [0.15, 0.2) is 5.82 Å². The van der Waals surface area contributed by atoms with Crippen LogP contribution >= 0.6 is 0 Å². The fourth-order valence-electron chi connectivity index (χ4n) is 5.45. The number of hydrogen-bond donors (Lipinski definition) is 0. The van der Waals surface area contributed by atoms with Crippen molar-refractivity contribution in [1.29, 1.82) is 0 Å². The van der Waals surface area contributed by atoms with Crippen molar-refractivity contribution >= 4 is 14.0 Å². The quantitative estimate of drug-likeness (QED) is 0.0912. The number of nitrogens with zero attached hydrogens (tertiary/aromatic N) is 6. The van der Waals surface area contributed by atoms with Crippen molar-refractivity contribution in [2.24, 2.45) is 0 Å². The summed E-state index contributed by atoms with van der Waals surface area (Å²) in [4.78, 5) is 12.7. The molecule has 1 aliphatic carbocycles. The van der Waals surface area contributed by atoms with Crippen molar-refractivity contribution in [1.82, 2.24) is 29.8 Å². The average Bonchev–Trinajstić information content (AvgIpc) is 3.67. The standard InChI is InChI=1S/C33H44N6O5Si/c1-6-43-33(40)30-32(39(37-35-30)21-24-7-15-28(41-2)16-8-24)44-29-17-13-26(14-18-29)25-9-11-27(12-10-25)31-36-34-22-38(31)23-42-19-20-45(3,4)5/h7-12,15-16,22,26,29H,6,13-14,17-21,23H2,1-5H3/t26-,29-. The Balaban J connectivity index is 1.20. The Morgan fingerprint density at radius 1 is 0.978 bits per heavy atom. The van der Waals surface area contributed by atoms with Crippen molar-refractivity contribution in [3.8, 4) is 23.0 Å². The van der Waals surface area contributed by atoms with Crippen LogP contribution < -0.4 is 9.47 Å². The lowest BCUT2D eigenvalue weighted by Gasteiger charge is -2.29. The second-order valence-electron chi connectivity index (χ2n) is 12.7. The molecule has 1 saturated carbocycles. The van der Waals surface area contributed by atoms with Crippen LogP contribution in [0.2, 0.25) is 25.7 Å². The van der Waals surface area contributed by atoms with E-state index >= 15 is 0 Å². The molecular weight excluding hydrogens is 588 g/mol. The minimum atomic E-state index is -1.13. The highest BCUT2D eigenvalue weighted by Crippen LogP contribution is 2.36. The molecule has 240 valence electrons. The molecule has 2 heterocycles. The predicted octanol–water partition coefficient (Wildman–Crippen LogP) is 6.19. The first-order valence-corrected chi connectivity index (χ1v) is 19.4. The smallest absolute Gasteiger partial charge is 0.364 e. The first-order valence-electron chi connectivity index (χ1n) is 15.7. The van der Waals surface area contributed by atoms with Gasteiger partial charge in [-0.05, 0) is 67.8 Å². The first kappa shape index (κ1) is 32.4. The fourth-order valence-corrected chi connectivity index (χ4v) is 6.20. The number of benzene rings is 2. The van der Waals surface area contributed by atoms with Crippen LogP contribution in [0.5, 0.6) is 11.6 Å². The molecule has 4 aromatic rings. The number of carbonyl (C=O) groups is 1. The first-order chi connectivity index (χ1) is 21.7. The van der Waals surface area contributed by atoms with Gasteiger partial charge < -0.3 is 18.9 Å². The second kappa shape index (κ2) is 14.8. The van der Waals surface area contributed by atoms with Crippen LogP contribution in [-0.4, -0.2) is 70.2 Å². The summed E-state index contributed by atoms with van der Waals surface area (Å²) in [5.41, 5.74) is 3.41. The molecule has 0 spiro atoms. The van der Waals surface area contributed by atoms with Gasteiger partial charge in [0.2, 0.25) is 11.6 Å². The lowest BCUT2D eigenvalue weighted by Crippen LogP contribution is -2.25. The topological polar surface area (TPSA) is 115 Å². The second-order valence-corrected chi connectivity index (χ2v) is 18.3. The van der Waals surface area contributed by atoms with Gasteiger partial charge in [0.1, 0.15) is 24.9 Å². The summed E-state index contributed by atoms with van der Waals surface area (Å²) in [6.45, 7) is 10.7. The maximum Gasteiger partial charge on any atom is 0.364 e. The average molecular weight is 633 g/mol. The molecule has 0 atom stereocenters. The third kappa shape index (κ3) is 8.57. The zero-order valence-corrected chi connectivity index (χ0v) is 27.9. The molecule has 2 aromatic heterocycles. The molecule has 0 saturated heterocycles. The van der Waals surface area contributed by atoms with Gasteiger partial charge in [0.05, 0.1) is 20.3 Å². The van der Waals surface area contributed by atoms with Gasteiger partial charge in [-0.2, -0.15) is 0 Å². The van der Waals surface area contributed by atoms with Gasteiger partial charge >= 0.3 is 5.97 Å². The molecule has 2 aromatic carbocycles. The number of ether oxygens (including phenoxy) is 4. The van der Waals surface area contributed by atoms with E-state index in [0.717, 1.165) is 61.0 Å². The number of esters is 1. The summed E-state index contributed by atoms with van der Waals surface area (Å²) in [6, 6.07) is 17.5. The van der Waals surface area contributed by atoms with Crippen molar-refractivity contribution in [3.05, 3.63) is 71.7 Å². The number of aromatic nitrogens is 6. The molecule has 12 heteroatoms.